The zero-order valence-electron chi connectivity index (χ0n) is 15.1. The molecule has 0 amide bonds. The summed E-state index contributed by atoms with van der Waals surface area (Å²) in [5, 5.41) is 7.66. The highest BCUT2D eigenvalue weighted by Gasteiger charge is 2.51. The third-order valence-corrected chi connectivity index (χ3v) is 6.89. The molecule has 0 saturated heterocycles. The van der Waals surface area contributed by atoms with E-state index in [-0.39, 0.29) is 5.97 Å². The van der Waals surface area contributed by atoms with Crippen LogP contribution >= 0.6 is 0 Å². The third-order valence-electron chi connectivity index (χ3n) is 6.89. The first-order valence-electron chi connectivity index (χ1n) is 9.91. The number of nitrogens with one attached hydrogen (secondary N) is 1. The molecule has 0 spiro atoms. The minimum atomic E-state index is -0.213. The maximum atomic E-state index is 12.6. The molecule has 1 aromatic heterocycles. The fraction of sp³-hybridized carbons (Fsp3) is 0.800. The van der Waals surface area contributed by atoms with Crippen LogP contribution in [0.4, 0.5) is 0 Å². The molecule has 1 heterocycles. The Labute approximate surface area is 144 Å². The van der Waals surface area contributed by atoms with Crippen LogP contribution in [0, 0.1) is 11.3 Å². The average Bonchev–Trinajstić information content (AvgIpc) is 2.96. The highest BCUT2D eigenvalue weighted by Crippen LogP contribution is 2.62. The summed E-state index contributed by atoms with van der Waals surface area (Å²) in [4.78, 5) is 12.6. The summed E-state index contributed by atoms with van der Waals surface area (Å²) in [6.45, 7) is 5.02. The van der Waals surface area contributed by atoms with Gasteiger partial charge >= 0.3 is 5.97 Å². The minimum absolute atomic E-state index is 0.213. The summed E-state index contributed by atoms with van der Waals surface area (Å²) in [5.74, 6) is 1.69. The molecule has 4 atom stereocenters. The van der Waals surface area contributed by atoms with E-state index in [9.17, 15) is 4.79 Å². The summed E-state index contributed by atoms with van der Waals surface area (Å²) in [5.41, 5.74) is 3.57. The summed E-state index contributed by atoms with van der Waals surface area (Å²) < 4.78 is 5.51. The number of H-pyrrole nitrogens is 1. The van der Waals surface area contributed by atoms with Gasteiger partial charge < -0.3 is 4.74 Å². The lowest BCUT2D eigenvalue weighted by Crippen LogP contribution is -2.36. The number of nitrogens with zero attached hydrogens (tertiary/aromatic N) is 1. The van der Waals surface area contributed by atoms with Gasteiger partial charge in [-0.2, -0.15) is 5.10 Å². The zero-order valence-corrected chi connectivity index (χ0v) is 15.1. The van der Waals surface area contributed by atoms with Crippen molar-refractivity contribution in [3.63, 3.8) is 0 Å². The normalized spacial score (nSPS) is 33.3. The molecule has 132 valence electrons. The Balaban J connectivity index is 1.59. The first-order valence-corrected chi connectivity index (χ1v) is 9.91. The van der Waals surface area contributed by atoms with Crippen molar-refractivity contribution in [1.29, 1.82) is 0 Å². The van der Waals surface area contributed by atoms with Crippen molar-refractivity contribution in [3.05, 3.63) is 17.0 Å². The molecule has 1 aromatic rings. The van der Waals surface area contributed by atoms with Crippen LogP contribution in [0.2, 0.25) is 0 Å². The van der Waals surface area contributed by atoms with E-state index in [1.165, 1.54) is 49.8 Å². The number of carbonyl (C=O) groups is 1. The SMILES string of the molecule is CCCCCOC(=O)c1n[nH]c2c1C1CC3CC2CC(CC)(C3)C1. The lowest BCUT2D eigenvalue weighted by atomic mass is 9.57. The van der Waals surface area contributed by atoms with Gasteiger partial charge in [0.15, 0.2) is 5.69 Å². The lowest BCUT2D eigenvalue weighted by Gasteiger charge is -2.48. The van der Waals surface area contributed by atoms with Crippen molar-refractivity contribution >= 4 is 5.97 Å². The minimum Gasteiger partial charge on any atom is -0.461 e. The van der Waals surface area contributed by atoms with Crippen molar-refractivity contribution in [1.82, 2.24) is 10.2 Å². The van der Waals surface area contributed by atoms with Crippen molar-refractivity contribution in [3.8, 4) is 0 Å². The molecular formula is C20H30N2O2. The fourth-order valence-corrected chi connectivity index (χ4v) is 5.84. The molecule has 0 radical (unpaired) electrons. The first-order chi connectivity index (χ1) is 11.7. The van der Waals surface area contributed by atoms with Crippen molar-refractivity contribution in [2.75, 3.05) is 6.61 Å². The molecule has 4 nitrogen and oxygen atoms in total. The van der Waals surface area contributed by atoms with E-state index in [0.29, 0.717) is 29.6 Å². The van der Waals surface area contributed by atoms with Gasteiger partial charge in [0.2, 0.25) is 0 Å². The molecular weight excluding hydrogens is 300 g/mol. The lowest BCUT2D eigenvalue weighted by molar-refractivity contribution is 0.0467. The number of unbranched alkanes of at least 4 members (excludes halogenated alkanes) is 2. The number of hydrogen-bond donors (Lipinski definition) is 1. The van der Waals surface area contributed by atoms with Crippen molar-refractivity contribution in [2.45, 2.75) is 83.5 Å². The number of carbonyl (C=O) groups excluding carboxylic acids is 1. The third kappa shape index (κ3) is 2.58. The van der Waals surface area contributed by atoms with Gasteiger partial charge in [-0.1, -0.05) is 33.1 Å². The standard InChI is InChI=1S/C20H30N2O2/c1-3-5-6-7-24-19(23)18-16-14-8-13-9-15(17(16)21-22-18)12-20(4-2,10-13)11-14/h13-15H,3-12H2,1-2H3,(H,21,22). The summed E-state index contributed by atoms with van der Waals surface area (Å²) >= 11 is 0. The monoisotopic (exact) mass is 330 g/mol. The molecule has 0 aromatic carbocycles. The molecule has 5 rings (SSSR count). The number of esters is 1. The Kier molecular flexibility index (Phi) is 4.17. The van der Waals surface area contributed by atoms with Gasteiger partial charge in [-0.05, 0) is 55.8 Å². The van der Waals surface area contributed by atoms with E-state index >= 15 is 0 Å². The predicted octanol–water partition coefficient (Wildman–Crippen LogP) is 4.93. The molecule has 1 N–H and O–H groups in total. The summed E-state index contributed by atoms with van der Waals surface area (Å²) in [7, 11) is 0. The fourth-order valence-electron chi connectivity index (χ4n) is 5.84. The number of rotatable bonds is 6. The highest BCUT2D eigenvalue weighted by molar-refractivity contribution is 5.89. The van der Waals surface area contributed by atoms with Gasteiger partial charge in [0.1, 0.15) is 0 Å². The number of ether oxygens (including phenoxy) is 1. The van der Waals surface area contributed by atoms with Gasteiger partial charge in [0.05, 0.1) is 6.61 Å². The van der Waals surface area contributed by atoms with Crippen LogP contribution in [0.25, 0.3) is 0 Å². The van der Waals surface area contributed by atoms with E-state index in [1.807, 2.05) is 0 Å². The smallest absolute Gasteiger partial charge is 0.359 e. The van der Waals surface area contributed by atoms with Gasteiger partial charge in [0.25, 0.3) is 0 Å². The zero-order chi connectivity index (χ0) is 16.7. The Morgan fingerprint density at radius 2 is 2.00 bits per heavy atom. The predicted molar refractivity (Wildman–Crippen MR) is 93.2 cm³/mol. The second-order valence-electron chi connectivity index (χ2n) is 8.44. The summed E-state index contributed by atoms with van der Waals surface area (Å²) in [6, 6.07) is 0. The Morgan fingerprint density at radius 3 is 2.79 bits per heavy atom. The average molecular weight is 330 g/mol. The van der Waals surface area contributed by atoms with Gasteiger partial charge in [-0.3, -0.25) is 5.10 Å². The van der Waals surface area contributed by atoms with Gasteiger partial charge in [0, 0.05) is 17.2 Å². The molecule has 4 aliphatic carbocycles. The first kappa shape index (κ1) is 16.2. The maximum absolute atomic E-state index is 12.6. The van der Waals surface area contributed by atoms with Gasteiger partial charge in [-0.25, -0.2) is 4.79 Å². The van der Waals surface area contributed by atoms with Crippen molar-refractivity contribution in [2.24, 2.45) is 11.3 Å². The maximum Gasteiger partial charge on any atom is 0.359 e. The van der Waals surface area contributed by atoms with Crippen molar-refractivity contribution < 1.29 is 9.53 Å². The number of aromatic nitrogens is 2. The van der Waals surface area contributed by atoms with E-state index in [4.69, 9.17) is 4.74 Å². The molecule has 4 heteroatoms. The molecule has 2 fully saturated rings. The molecule has 4 unspecified atom stereocenters. The number of hydrogen-bond acceptors (Lipinski definition) is 3. The van der Waals surface area contributed by atoms with E-state index in [1.54, 1.807) is 0 Å². The second-order valence-corrected chi connectivity index (χ2v) is 8.44. The van der Waals surface area contributed by atoms with Crippen LogP contribution in [0.3, 0.4) is 0 Å². The molecule has 0 aliphatic heterocycles. The van der Waals surface area contributed by atoms with E-state index in [0.717, 1.165) is 25.2 Å². The van der Waals surface area contributed by atoms with Crippen LogP contribution in [-0.4, -0.2) is 22.8 Å². The largest absolute Gasteiger partial charge is 0.461 e. The van der Waals surface area contributed by atoms with Crippen LogP contribution in [-0.2, 0) is 4.74 Å². The number of aromatic amines is 1. The Hall–Kier alpha value is -1.32. The Morgan fingerprint density at radius 1 is 1.21 bits per heavy atom. The van der Waals surface area contributed by atoms with E-state index < -0.39 is 0 Å². The Bertz CT molecular complexity index is 623. The second kappa shape index (κ2) is 6.20. The topological polar surface area (TPSA) is 55.0 Å². The quantitative estimate of drug-likeness (QED) is 0.594. The molecule has 2 saturated carbocycles. The van der Waals surface area contributed by atoms with Crippen LogP contribution < -0.4 is 0 Å². The van der Waals surface area contributed by atoms with Crippen LogP contribution in [0.5, 0.6) is 0 Å². The highest BCUT2D eigenvalue weighted by atomic mass is 16.5. The molecule has 4 bridgehead atoms. The van der Waals surface area contributed by atoms with Crippen LogP contribution in [0.15, 0.2) is 0 Å². The summed E-state index contributed by atoms with van der Waals surface area (Å²) in [6.07, 6.45) is 10.9. The molecule has 4 aliphatic rings. The van der Waals surface area contributed by atoms with Crippen LogP contribution in [0.1, 0.15) is 105 Å². The molecule has 24 heavy (non-hydrogen) atoms. The van der Waals surface area contributed by atoms with Gasteiger partial charge in [-0.15, -0.1) is 0 Å². The van der Waals surface area contributed by atoms with E-state index in [2.05, 4.69) is 24.0 Å².